The number of hydrogen-bond acceptors (Lipinski definition) is 2. The van der Waals surface area contributed by atoms with Crippen molar-refractivity contribution in [3.05, 3.63) is 0 Å². The zero-order valence-electron chi connectivity index (χ0n) is 9.18. The average molecular weight is 196 g/mol. The fourth-order valence-corrected chi connectivity index (χ4v) is 3.42. The third-order valence-corrected chi connectivity index (χ3v) is 4.30. The summed E-state index contributed by atoms with van der Waals surface area (Å²) in [5.74, 6) is 0.783. The molecule has 0 spiro atoms. The molecule has 0 amide bonds. The van der Waals surface area contributed by atoms with E-state index in [0.29, 0.717) is 18.8 Å². The molecule has 0 aliphatic heterocycles. The fourth-order valence-electron chi connectivity index (χ4n) is 3.42. The van der Waals surface area contributed by atoms with Crippen LogP contribution in [-0.4, -0.2) is 16.5 Å². The highest BCUT2D eigenvalue weighted by atomic mass is 16.3. The zero-order valence-corrected chi connectivity index (χ0v) is 9.18. The lowest BCUT2D eigenvalue weighted by molar-refractivity contribution is -0.147. The van der Waals surface area contributed by atoms with Gasteiger partial charge in [0.15, 0.2) is 0 Å². The highest BCUT2D eigenvalue weighted by Crippen LogP contribution is 2.53. The van der Waals surface area contributed by atoms with Crippen LogP contribution >= 0.6 is 0 Å². The van der Waals surface area contributed by atoms with Gasteiger partial charge < -0.3 is 5.11 Å². The number of carbonyl (C=O) groups is 1. The van der Waals surface area contributed by atoms with E-state index in [0.717, 1.165) is 25.7 Å². The van der Waals surface area contributed by atoms with Crippen molar-refractivity contribution in [2.24, 2.45) is 11.3 Å². The van der Waals surface area contributed by atoms with E-state index in [1.54, 1.807) is 0 Å². The van der Waals surface area contributed by atoms with Gasteiger partial charge in [0.1, 0.15) is 5.78 Å². The van der Waals surface area contributed by atoms with E-state index in [-0.39, 0.29) is 11.2 Å². The van der Waals surface area contributed by atoms with E-state index in [4.69, 9.17) is 0 Å². The maximum absolute atomic E-state index is 11.6. The first kappa shape index (κ1) is 10.2. The highest BCUT2D eigenvalue weighted by molar-refractivity contribution is 5.81. The van der Waals surface area contributed by atoms with E-state index in [2.05, 4.69) is 13.8 Å². The molecule has 2 aliphatic rings. The third-order valence-electron chi connectivity index (χ3n) is 4.30. The van der Waals surface area contributed by atoms with E-state index >= 15 is 0 Å². The Kier molecular flexibility index (Phi) is 2.22. The molecule has 2 fully saturated rings. The molecule has 0 heterocycles. The number of fused-ring (bicyclic) bond motifs is 2. The maximum Gasteiger partial charge on any atom is 0.136 e. The molecule has 0 aromatic carbocycles. The lowest BCUT2D eigenvalue weighted by atomic mass is 9.55. The van der Waals surface area contributed by atoms with Gasteiger partial charge >= 0.3 is 0 Å². The summed E-state index contributed by atoms with van der Waals surface area (Å²) in [7, 11) is 0. The van der Waals surface area contributed by atoms with Crippen molar-refractivity contribution in [2.75, 3.05) is 0 Å². The minimum Gasteiger partial charge on any atom is -0.389 e. The van der Waals surface area contributed by atoms with Gasteiger partial charge in [-0.05, 0) is 30.6 Å². The maximum atomic E-state index is 11.6. The van der Waals surface area contributed by atoms with Gasteiger partial charge in [-0.25, -0.2) is 0 Å². The SMILES string of the molecule is CC(C)[C@@]12CCC[C@@](O)(CC(=O)C1)C2. The minimum atomic E-state index is -0.655. The molecule has 1 N–H and O–H groups in total. The molecule has 2 saturated carbocycles. The first-order valence-electron chi connectivity index (χ1n) is 5.70. The van der Waals surface area contributed by atoms with Crippen LogP contribution in [0.3, 0.4) is 0 Å². The Bertz CT molecular complexity index is 259. The Morgan fingerprint density at radius 3 is 2.64 bits per heavy atom. The topological polar surface area (TPSA) is 37.3 Å². The largest absolute Gasteiger partial charge is 0.389 e. The second-order valence-corrected chi connectivity index (χ2v) is 5.66. The number of hydrogen-bond donors (Lipinski definition) is 1. The molecule has 2 rings (SSSR count). The second-order valence-electron chi connectivity index (χ2n) is 5.66. The van der Waals surface area contributed by atoms with Crippen LogP contribution in [0.25, 0.3) is 0 Å². The summed E-state index contributed by atoms with van der Waals surface area (Å²) in [5, 5.41) is 10.3. The highest BCUT2D eigenvalue weighted by Gasteiger charge is 2.51. The Balaban J connectivity index is 2.28. The van der Waals surface area contributed by atoms with Crippen LogP contribution in [0.4, 0.5) is 0 Å². The van der Waals surface area contributed by atoms with Crippen LogP contribution in [0.5, 0.6) is 0 Å². The van der Waals surface area contributed by atoms with Gasteiger partial charge in [-0.2, -0.15) is 0 Å². The van der Waals surface area contributed by atoms with Gasteiger partial charge in [0.05, 0.1) is 5.60 Å². The lowest BCUT2D eigenvalue weighted by Gasteiger charge is -2.51. The normalized spacial score (nSPS) is 43.0. The minimum absolute atomic E-state index is 0.113. The van der Waals surface area contributed by atoms with Gasteiger partial charge in [0.2, 0.25) is 0 Å². The predicted molar refractivity (Wildman–Crippen MR) is 54.9 cm³/mol. The smallest absolute Gasteiger partial charge is 0.136 e. The second kappa shape index (κ2) is 3.06. The average Bonchev–Trinajstić information content (AvgIpc) is 2.00. The quantitative estimate of drug-likeness (QED) is 0.698. The van der Waals surface area contributed by atoms with Gasteiger partial charge in [-0.15, -0.1) is 0 Å². The number of rotatable bonds is 1. The Hall–Kier alpha value is -0.370. The molecule has 0 radical (unpaired) electrons. The van der Waals surface area contributed by atoms with Crippen LogP contribution in [0.1, 0.15) is 52.4 Å². The molecule has 2 atom stereocenters. The van der Waals surface area contributed by atoms with Crippen molar-refractivity contribution >= 4 is 5.78 Å². The zero-order chi connectivity index (χ0) is 10.4. The summed E-state index contributed by atoms with van der Waals surface area (Å²) < 4.78 is 0. The van der Waals surface area contributed by atoms with Gasteiger partial charge in [-0.1, -0.05) is 20.3 Å². The summed E-state index contributed by atoms with van der Waals surface area (Å²) in [4.78, 5) is 11.6. The Morgan fingerprint density at radius 2 is 2.00 bits per heavy atom. The van der Waals surface area contributed by atoms with Crippen molar-refractivity contribution in [1.82, 2.24) is 0 Å². The first-order valence-corrected chi connectivity index (χ1v) is 5.70. The molecule has 0 unspecified atom stereocenters. The van der Waals surface area contributed by atoms with Crippen molar-refractivity contribution in [1.29, 1.82) is 0 Å². The summed E-state index contributed by atoms with van der Waals surface area (Å²) in [6.07, 6.45) is 4.99. The standard InChI is InChI=1S/C12H20O2/c1-9(2)11-4-3-5-12(14,8-11)7-10(13)6-11/h9,14H,3-8H2,1-2H3/t11-,12+/m0/s1. The molecule has 0 aromatic rings. The van der Waals surface area contributed by atoms with Crippen LogP contribution in [0.15, 0.2) is 0 Å². The van der Waals surface area contributed by atoms with Crippen LogP contribution in [0.2, 0.25) is 0 Å². The van der Waals surface area contributed by atoms with Crippen LogP contribution < -0.4 is 0 Å². The van der Waals surface area contributed by atoms with Gasteiger partial charge in [-0.3, -0.25) is 4.79 Å². The van der Waals surface area contributed by atoms with Crippen LogP contribution in [0, 0.1) is 11.3 Å². The molecule has 2 heteroatoms. The van der Waals surface area contributed by atoms with E-state index < -0.39 is 5.60 Å². The number of Topliss-reactive ketones (excluding diaryl/α,β-unsaturated/α-hetero) is 1. The fraction of sp³-hybridized carbons (Fsp3) is 0.917. The predicted octanol–water partition coefficient (Wildman–Crippen LogP) is 2.30. The van der Waals surface area contributed by atoms with E-state index in [9.17, 15) is 9.90 Å². The summed E-state index contributed by atoms with van der Waals surface area (Å²) in [6, 6.07) is 0. The Labute approximate surface area is 85.7 Å². The molecular formula is C12H20O2. The monoisotopic (exact) mass is 196 g/mol. The molecule has 0 saturated heterocycles. The number of carbonyl (C=O) groups excluding carboxylic acids is 1. The Morgan fingerprint density at radius 1 is 1.29 bits per heavy atom. The first-order chi connectivity index (χ1) is 6.46. The van der Waals surface area contributed by atoms with E-state index in [1.165, 1.54) is 0 Å². The van der Waals surface area contributed by atoms with E-state index in [1.807, 2.05) is 0 Å². The molecule has 2 nitrogen and oxygen atoms in total. The van der Waals surface area contributed by atoms with Crippen molar-refractivity contribution in [2.45, 2.75) is 58.0 Å². The molecule has 14 heavy (non-hydrogen) atoms. The molecular weight excluding hydrogens is 176 g/mol. The van der Waals surface area contributed by atoms with Crippen molar-refractivity contribution in [3.63, 3.8) is 0 Å². The molecule has 2 bridgehead atoms. The summed E-state index contributed by atoms with van der Waals surface area (Å²) in [6.45, 7) is 4.37. The van der Waals surface area contributed by atoms with Crippen LogP contribution in [-0.2, 0) is 4.79 Å². The van der Waals surface area contributed by atoms with Crippen molar-refractivity contribution in [3.8, 4) is 0 Å². The molecule has 80 valence electrons. The lowest BCUT2D eigenvalue weighted by Crippen LogP contribution is -2.50. The van der Waals surface area contributed by atoms with Gasteiger partial charge in [0, 0.05) is 12.8 Å². The van der Waals surface area contributed by atoms with Crippen molar-refractivity contribution < 1.29 is 9.90 Å². The number of ketones is 1. The molecule has 2 aliphatic carbocycles. The summed E-state index contributed by atoms with van der Waals surface area (Å²) >= 11 is 0. The third kappa shape index (κ3) is 1.50. The molecule has 0 aromatic heterocycles. The van der Waals surface area contributed by atoms with Gasteiger partial charge in [0.25, 0.3) is 0 Å². The summed E-state index contributed by atoms with van der Waals surface area (Å²) in [5.41, 5.74) is -0.541. The number of aliphatic hydroxyl groups is 1.